The summed E-state index contributed by atoms with van der Waals surface area (Å²) in [4.78, 5) is 0. The first-order chi connectivity index (χ1) is 5.82. The third-order valence-corrected chi connectivity index (χ3v) is 1.88. The molecule has 0 bridgehead atoms. The minimum absolute atomic E-state index is 0.300. The van der Waals surface area contributed by atoms with E-state index in [4.69, 9.17) is 5.11 Å². The molecule has 0 aliphatic carbocycles. The van der Waals surface area contributed by atoms with Gasteiger partial charge in [-0.25, -0.2) is 4.39 Å². The molecule has 1 aromatic carbocycles. The van der Waals surface area contributed by atoms with Gasteiger partial charge in [0.05, 0.1) is 0 Å². The van der Waals surface area contributed by atoms with Crippen LogP contribution in [0.2, 0.25) is 0 Å². The Balaban J connectivity index is 3.29. The topological polar surface area (TPSA) is 20.2 Å². The van der Waals surface area contributed by atoms with Gasteiger partial charge in [0.25, 0.3) is 0 Å². The van der Waals surface area contributed by atoms with Gasteiger partial charge in [0.15, 0.2) is 17.4 Å². The summed E-state index contributed by atoms with van der Waals surface area (Å²) in [6, 6.07) is 2.35. The van der Waals surface area contributed by atoms with Gasteiger partial charge in [0.1, 0.15) is 0 Å². The lowest BCUT2D eigenvalue weighted by Crippen LogP contribution is -2.11. The Morgan fingerprint density at radius 3 is 2.08 bits per heavy atom. The second-order valence-corrected chi connectivity index (χ2v) is 4.04. The molecule has 0 saturated carbocycles. The van der Waals surface area contributed by atoms with Crippen LogP contribution in [0.25, 0.3) is 0 Å². The van der Waals surface area contributed by atoms with Crippen LogP contribution in [-0.2, 0) is 5.41 Å². The van der Waals surface area contributed by atoms with Gasteiger partial charge >= 0.3 is 0 Å². The van der Waals surface area contributed by atoms with Gasteiger partial charge in [0, 0.05) is 0 Å². The summed E-state index contributed by atoms with van der Waals surface area (Å²) in [7, 11) is 0. The van der Waals surface area contributed by atoms with Gasteiger partial charge in [0.2, 0.25) is 0 Å². The van der Waals surface area contributed by atoms with E-state index in [9.17, 15) is 8.78 Å². The van der Waals surface area contributed by atoms with E-state index in [1.807, 2.05) is 20.8 Å². The van der Waals surface area contributed by atoms with E-state index in [2.05, 4.69) is 0 Å². The van der Waals surface area contributed by atoms with Crippen molar-refractivity contribution in [3.8, 4) is 5.75 Å². The molecule has 0 spiro atoms. The van der Waals surface area contributed by atoms with Crippen LogP contribution in [0.5, 0.6) is 5.75 Å². The summed E-state index contributed by atoms with van der Waals surface area (Å²) in [6.45, 7) is 5.58. The van der Waals surface area contributed by atoms with Gasteiger partial charge in [-0.3, -0.25) is 0 Å². The molecule has 0 saturated heterocycles. The molecule has 1 nitrogen and oxygen atoms in total. The monoisotopic (exact) mass is 186 g/mol. The molecule has 0 heterocycles. The predicted octanol–water partition coefficient (Wildman–Crippen LogP) is 2.97. The lowest BCUT2D eigenvalue weighted by molar-refractivity contribution is 0.402. The summed E-state index contributed by atoms with van der Waals surface area (Å²) >= 11 is 0. The van der Waals surface area contributed by atoms with E-state index in [1.54, 1.807) is 0 Å². The van der Waals surface area contributed by atoms with Gasteiger partial charge in [-0.1, -0.05) is 20.8 Å². The van der Waals surface area contributed by atoms with Crippen molar-refractivity contribution in [3.05, 3.63) is 29.3 Å². The normalized spacial score (nSPS) is 11.8. The van der Waals surface area contributed by atoms with Gasteiger partial charge in [-0.2, -0.15) is 4.39 Å². The van der Waals surface area contributed by atoms with Crippen molar-refractivity contribution in [3.63, 3.8) is 0 Å². The highest BCUT2D eigenvalue weighted by Gasteiger charge is 2.18. The summed E-state index contributed by atoms with van der Waals surface area (Å²) in [5.74, 6) is -2.83. The number of halogens is 2. The smallest absolute Gasteiger partial charge is 0.200 e. The quantitative estimate of drug-likeness (QED) is 0.660. The maximum Gasteiger partial charge on any atom is 0.200 e. The Bertz CT molecular complexity index is 303. The maximum atomic E-state index is 12.8. The van der Waals surface area contributed by atoms with Crippen LogP contribution in [0.4, 0.5) is 8.78 Å². The molecule has 0 aliphatic heterocycles. The van der Waals surface area contributed by atoms with Crippen LogP contribution in [-0.4, -0.2) is 5.11 Å². The average Bonchev–Trinajstić information content (AvgIpc) is 1.97. The average molecular weight is 186 g/mol. The third-order valence-electron chi connectivity index (χ3n) is 1.88. The highest BCUT2D eigenvalue weighted by molar-refractivity contribution is 5.33. The van der Waals surface area contributed by atoms with E-state index in [-0.39, 0.29) is 5.41 Å². The Hall–Kier alpha value is -1.12. The Labute approximate surface area is 76.0 Å². The highest BCUT2D eigenvalue weighted by atomic mass is 19.2. The largest absolute Gasteiger partial charge is 0.505 e. The molecule has 13 heavy (non-hydrogen) atoms. The second-order valence-electron chi connectivity index (χ2n) is 4.04. The third kappa shape index (κ3) is 1.97. The van der Waals surface area contributed by atoms with E-state index in [1.165, 1.54) is 6.07 Å². The zero-order chi connectivity index (χ0) is 10.2. The maximum absolute atomic E-state index is 12.8. The standard InChI is InChI=1S/C10H12F2O/c1-10(2,3)6-4-7(11)9(12)8(13)5-6/h4-5,13H,1-3H3. The molecule has 0 fully saturated rings. The van der Waals surface area contributed by atoms with Gasteiger partial charge in [-0.15, -0.1) is 0 Å². The van der Waals surface area contributed by atoms with E-state index in [0.29, 0.717) is 5.56 Å². The fourth-order valence-corrected chi connectivity index (χ4v) is 1.01. The zero-order valence-electron chi connectivity index (χ0n) is 7.86. The number of hydrogen-bond acceptors (Lipinski definition) is 1. The number of phenolic OH excluding ortho intramolecular Hbond substituents is 1. The molecule has 3 heteroatoms. The first-order valence-corrected chi connectivity index (χ1v) is 4.01. The van der Waals surface area contributed by atoms with Crippen LogP contribution in [0.1, 0.15) is 26.3 Å². The van der Waals surface area contributed by atoms with Crippen LogP contribution in [0.3, 0.4) is 0 Å². The Kier molecular flexibility index (Phi) is 2.28. The number of aromatic hydroxyl groups is 1. The van der Waals surface area contributed by atoms with Crippen molar-refractivity contribution in [1.29, 1.82) is 0 Å². The van der Waals surface area contributed by atoms with Crippen LogP contribution < -0.4 is 0 Å². The van der Waals surface area contributed by atoms with Crippen LogP contribution in [0, 0.1) is 11.6 Å². The minimum Gasteiger partial charge on any atom is -0.505 e. The molecule has 1 aromatic rings. The number of phenols is 1. The van der Waals surface area contributed by atoms with Crippen molar-refractivity contribution in [2.45, 2.75) is 26.2 Å². The fraction of sp³-hybridized carbons (Fsp3) is 0.400. The summed E-state index contributed by atoms with van der Waals surface area (Å²) < 4.78 is 25.5. The van der Waals surface area contributed by atoms with Crippen molar-refractivity contribution < 1.29 is 13.9 Å². The lowest BCUT2D eigenvalue weighted by atomic mass is 9.87. The van der Waals surface area contributed by atoms with Gasteiger partial charge in [-0.05, 0) is 23.1 Å². The summed E-state index contributed by atoms with van der Waals surface area (Å²) in [5.41, 5.74) is 0.273. The number of rotatable bonds is 0. The first-order valence-electron chi connectivity index (χ1n) is 4.01. The van der Waals surface area contributed by atoms with E-state index < -0.39 is 17.4 Å². The van der Waals surface area contributed by atoms with Crippen LogP contribution >= 0.6 is 0 Å². The summed E-state index contributed by atoms with van der Waals surface area (Å²) in [5, 5.41) is 9.03. The molecular weight excluding hydrogens is 174 g/mol. The van der Waals surface area contributed by atoms with Gasteiger partial charge < -0.3 is 5.11 Å². The first kappa shape index (κ1) is 9.96. The second kappa shape index (κ2) is 2.98. The molecule has 0 atom stereocenters. The Morgan fingerprint density at radius 2 is 1.69 bits per heavy atom. The van der Waals surface area contributed by atoms with E-state index in [0.717, 1.165) is 6.07 Å². The van der Waals surface area contributed by atoms with E-state index >= 15 is 0 Å². The zero-order valence-corrected chi connectivity index (χ0v) is 7.86. The molecule has 0 aromatic heterocycles. The number of hydrogen-bond donors (Lipinski definition) is 1. The molecule has 1 rings (SSSR count). The SMILES string of the molecule is CC(C)(C)c1cc(O)c(F)c(F)c1. The van der Waals surface area contributed by atoms with Crippen molar-refractivity contribution in [1.82, 2.24) is 0 Å². The number of benzene rings is 1. The lowest BCUT2D eigenvalue weighted by Gasteiger charge is -2.19. The predicted molar refractivity (Wildman–Crippen MR) is 46.7 cm³/mol. The minimum atomic E-state index is -1.19. The van der Waals surface area contributed by atoms with Crippen molar-refractivity contribution in [2.24, 2.45) is 0 Å². The molecule has 72 valence electrons. The molecule has 1 N–H and O–H groups in total. The molecular formula is C10H12F2O. The fourth-order valence-electron chi connectivity index (χ4n) is 1.01. The summed E-state index contributed by atoms with van der Waals surface area (Å²) in [6.07, 6.45) is 0. The van der Waals surface area contributed by atoms with Crippen molar-refractivity contribution >= 4 is 0 Å². The molecule has 0 radical (unpaired) electrons. The molecule has 0 aliphatic rings. The van der Waals surface area contributed by atoms with Crippen molar-refractivity contribution in [2.75, 3.05) is 0 Å². The molecule has 0 amide bonds. The highest BCUT2D eigenvalue weighted by Crippen LogP contribution is 2.28. The molecule has 0 unspecified atom stereocenters. The van der Waals surface area contributed by atoms with Crippen LogP contribution in [0.15, 0.2) is 12.1 Å². The Morgan fingerprint density at radius 1 is 1.15 bits per heavy atom.